The van der Waals surface area contributed by atoms with Crippen molar-refractivity contribution in [2.45, 2.75) is 47.1 Å². The van der Waals surface area contributed by atoms with Gasteiger partial charge >= 0.3 is 0 Å². The quantitative estimate of drug-likeness (QED) is 0.489. The topological polar surface area (TPSA) is 34.4 Å². The summed E-state index contributed by atoms with van der Waals surface area (Å²) in [7, 11) is 0. The van der Waals surface area contributed by atoms with Gasteiger partial charge in [0.25, 0.3) is 0 Å². The molecule has 0 aliphatic heterocycles. The molecule has 0 fully saturated rings. The van der Waals surface area contributed by atoms with E-state index in [0.717, 1.165) is 16.8 Å². The molecule has 0 spiro atoms. The minimum atomic E-state index is -0.312. The van der Waals surface area contributed by atoms with Crippen LogP contribution in [0.1, 0.15) is 53.1 Å². The van der Waals surface area contributed by atoms with Crippen LogP contribution in [0.2, 0.25) is 0 Å². The van der Waals surface area contributed by atoms with Crippen LogP contribution in [-0.2, 0) is 4.74 Å². The molecule has 0 unspecified atom stereocenters. The summed E-state index contributed by atoms with van der Waals surface area (Å²) >= 11 is 0. The highest BCUT2D eigenvalue weighted by atomic mass is 16.5. The van der Waals surface area contributed by atoms with Crippen LogP contribution < -0.4 is 5.32 Å². The highest BCUT2D eigenvalue weighted by Gasteiger charge is 2.18. The zero-order valence-corrected chi connectivity index (χ0v) is 15.7. The fraction of sp³-hybridized carbons (Fsp3) is 0.333. The molecule has 1 aromatic rings. The zero-order chi connectivity index (χ0) is 18.5. The smallest absolute Gasteiger partial charge is 0.150 e. The van der Waals surface area contributed by atoms with E-state index in [2.05, 4.69) is 25.1 Å². The molecule has 24 heavy (non-hydrogen) atoms. The molecule has 0 aliphatic carbocycles. The van der Waals surface area contributed by atoms with Crippen molar-refractivity contribution in [2.24, 2.45) is 0 Å². The lowest BCUT2D eigenvalue weighted by Crippen LogP contribution is -2.18. The number of ether oxygens (including phenoxy) is 1. The average molecular weight is 327 g/mol. The summed E-state index contributed by atoms with van der Waals surface area (Å²) in [4.78, 5) is 0. The Balaban J connectivity index is 2.93. The lowest BCUT2D eigenvalue weighted by molar-refractivity contribution is 0.0627. The average Bonchev–Trinajstić information content (AvgIpc) is 2.94. The van der Waals surface area contributed by atoms with Gasteiger partial charge in [-0.2, -0.15) is 0 Å². The summed E-state index contributed by atoms with van der Waals surface area (Å²) < 4.78 is 11.8. The molecule has 1 heterocycles. The Hall–Kier alpha value is -2.42. The Morgan fingerprint density at radius 3 is 2.17 bits per heavy atom. The third-order valence-corrected chi connectivity index (χ3v) is 3.40. The highest BCUT2D eigenvalue weighted by molar-refractivity contribution is 5.74. The minimum Gasteiger partial charge on any atom is -0.488 e. The molecule has 0 radical (unpaired) electrons. The van der Waals surface area contributed by atoms with Crippen LogP contribution in [-0.4, -0.2) is 5.60 Å². The third-order valence-electron chi connectivity index (χ3n) is 3.40. The van der Waals surface area contributed by atoms with E-state index in [9.17, 15) is 0 Å². The largest absolute Gasteiger partial charge is 0.488 e. The number of rotatable bonds is 7. The second kappa shape index (κ2) is 7.91. The monoisotopic (exact) mass is 327 g/mol. The Labute approximate surface area is 146 Å². The van der Waals surface area contributed by atoms with Crippen molar-refractivity contribution >= 4 is 11.3 Å². The molecule has 0 saturated heterocycles. The SMILES string of the molecule is C=C(NC(=C)c1ccc(/C(=C/C)C(=C)OC(C)(C)C)o1)/C(C)=C/C. The maximum absolute atomic E-state index is 5.92. The van der Waals surface area contributed by atoms with Gasteiger partial charge in [0.05, 0.1) is 11.3 Å². The van der Waals surface area contributed by atoms with E-state index in [1.807, 2.05) is 65.8 Å². The summed E-state index contributed by atoms with van der Waals surface area (Å²) in [6, 6.07) is 3.76. The Bertz CT molecular complexity index is 694. The summed E-state index contributed by atoms with van der Waals surface area (Å²) in [5, 5.41) is 3.16. The molecule has 3 heteroatoms. The predicted molar refractivity (Wildman–Crippen MR) is 103 cm³/mol. The number of hydrogen-bond acceptors (Lipinski definition) is 3. The first-order valence-corrected chi connectivity index (χ1v) is 8.02. The highest BCUT2D eigenvalue weighted by Crippen LogP contribution is 2.29. The van der Waals surface area contributed by atoms with Gasteiger partial charge in [0.1, 0.15) is 22.9 Å². The zero-order valence-electron chi connectivity index (χ0n) is 15.7. The van der Waals surface area contributed by atoms with E-state index < -0.39 is 0 Å². The second-order valence-corrected chi connectivity index (χ2v) is 6.56. The molecule has 0 saturated carbocycles. The van der Waals surface area contributed by atoms with E-state index in [4.69, 9.17) is 9.15 Å². The van der Waals surface area contributed by atoms with Crippen LogP contribution in [0.5, 0.6) is 0 Å². The van der Waals surface area contributed by atoms with Crippen molar-refractivity contribution < 1.29 is 9.15 Å². The first kappa shape index (κ1) is 19.6. The van der Waals surface area contributed by atoms with Gasteiger partial charge in [0.15, 0.2) is 0 Å². The van der Waals surface area contributed by atoms with Crippen molar-refractivity contribution in [3.8, 4) is 0 Å². The normalized spacial score (nSPS) is 12.8. The van der Waals surface area contributed by atoms with E-state index in [1.54, 1.807) is 0 Å². The molecular formula is C21H29NO2. The van der Waals surface area contributed by atoms with Crippen LogP contribution in [0.15, 0.2) is 65.5 Å². The Kier molecular flexibility index (Phi) is 6.47. The van der Waals surface area contributed by atoms with Gasteiger partial charge in [0.2, 0.25) is 0 Å². The van der Waals surface area contributed by atoms with E-state index in [0.29, 0.717) is 23.0 Å². The van der Waals surface area contributed by atoms with Crippen molar-refractivity contribution in [1.82, 2.24) is 5.32 Å². The number of allylic oxidation sites excluding steroid dienone is 4. The molecule has 0 bridgehead atoms. The molecule has 1 N–H and O–H groups in total. The van der Waals surface area contributed by atoms with E-state index in [1.165, 1.54) is 0 Å². The Morgan fingerprint density at radius 2 is 1.67 bits per heavy atom. The minimum absolute atomic E-state index is 0.312. The fourth-order valence-electron chi connectivity index (χ4n) is 2.03. The third kappa shape index (κ3) is 5.34. The van der Waals surface area contributed by atoms with Gasteiger partial charge in [-0.3, -0.25) is 0 Å². The number of furan rings is 1. The van der Waals surface area contributed by atoms with Crippen molar-refractivity contribution in [3.05, 3.63) is 72.6 Å². The van der Waals surface area contributed by atoms with Crippen molar-refractivity contribution in [2.75, 3.05) is 0 Å². The lowest BCUT2D eigenvalue weighted by Gasteiger charge is -2.23. The second-order valence-electron chi connectivity index (χ2n) is 6.56. The maximum atomic E-state index is 5.92. The van der Waals surface area contributed by atoms with Gasteiger partial charge in [-0.15, -0.1) is 0 Å². The molecule has 1 aromatic heterocycles. The molecule has 130 valence electrons. The van der Waals surface area contributed by atoms with Gasteiger partial charge in [-0.25, -0.2) is 0 Å². The summed E-state index contributed by atoms with van der Waals surface area (Å²) in [5.41, 5.74) is 3.03. The fourth-order valence-corrected chi connectivity index (χ4v) is 2.03. The van der Waals surface area contributed by atoms with Crippen LogP contribution >= 0.6 is 0 Å². The molecule has 0 amide bonds. The van der Waals surface area contributed by atoms with E-state index in [-0.39, 0.29) is 5.60 Å². The number of nitrogens with one attached hydrogen (secondary N) is 1. The van der Waals surface area contributed by atoms with Crippen LogP contribution in [0.3, 0.4) is 0 Å². The molecule has 0 aliphatic rings. The molecule has 0 atom stereocenters. The van der Waals surface area contributed by atoms with E-state index >= 15 is 0 Å². The van der Waals surface area contributed by atoms with Gasteiger partial charge in [-0.05, 0) is 59.2 Å². The lowest BCUT2D eigenvalue weighted by atomic mass is 10.1. The van der Waals surface area contributed by atoms with Gasteiger partial charge in [-0.1, -0.05) is 31.9 Å². The van der Waals surface area contributed by atoms with Crippen LogP contribution in [0, 0.1) is 0 Å². The van der Waals surface area contributed by atoms with Crippen molar-refractivity contribution in [3.63, 3.8) is 0 Å². The molecule has 0 aromatic carbocycles. The van der Waals surface area contributed by atoms with Gasteiger partial charge < -0.3 is 14.5 Å². The first-order chi connectivity index (χ1) is 11.1. The predicted octanol–water partition coefficient (Wildman–Crippen LogP) is 6.05. The molecule has 3 nitrogen and oxygen atoms in total. The molecule has 1 rings (SSSR count). The number of hydrogen-bond donors (Lipinski definition) is 1. The first-order valence-electron chi connectivity index (χ1n) is 8.02. The summed E-state index contributed by atoms with van der Waals surface area (Å²) in [6.07, 6.45) is 3.91. The Morgan fingerprint density at radius 1 is 1.08 bits per heavy atom. The molecular weight excluding hydrogens is 298 g/mol. The van der Waals surface area contributed by atoms with Crippen LogP contribution in [0.4, 0.5) is 0 Å². The maximum Gasteiger partial charge on any atom is 0.150 e. The van der Waals surface area contributed by atoms with Crippen molar-refractivity contribution in [1.29, 1.82) is 0 Å². The van der Waals surface area contributed by atoms with Crippen LogP contribution in [0.25, 0.3) is 11.3 Å². The van der Waals surface area contributed by atoms with Gasteiger partial charge in [0, 0.05) is 5.70 Å². The standard InChI is InChI=1S/C21H29NO2/c1-10-14(3)15(4)22-16(5)19-12-13-20(23-19)18(11-2)17(6)24-21(7,8)9/h10-13,22H,4-6H2,1-3,7-9H3/b14-10+,18-11+. The summed E-state index contributed by atoms with van der Waals surface area (Å²) in [5.74, 6) is 1.93. The summed E-state index contributed by atoms with van der Waals surface area (Å²) in [6.45, 7) is 23.9.